The van der Waals surface area contributed by atoms with Crippen molar-refractivity contribution < 1.29 is 27.4 Å². The second-order valence-corrected chi connectivity index (χ2v) is 6.80. The Morgan fingerprint density at radius 1 is 0.906 bits per heavy atom. The minimum atomic E-state index is -4.72. The molecule has 0 atom stereocenters. The molecule has 0 amide bonds. The van der Waals surface area contributed by atoms with Crippen LogP contribution in [0, 0.1) is 0 Å². The van der Waals surface area contributed by atoms with Crippen molar-refractivity contribution in [2.24, 2.45) is 0 Å². The summed E-state index contributed by atoms with van der Waals surface area (Å²) in [5.74, 6) is 0.925. The van der Waals surface area contributed by atoms with E-state index in [2.05, 4.69) is 14.7 Å². The van der Waals surface area contributed by atoms with Gasteiger partial charge in [-0.05, 0) is 49.4 Å². The summed E-state index contributed by atoms with van der Waals surface area (Å²) in [5, 5.41) is 0.898. The van der Waals surface area contributed by atoms with Gasteiger partial charge >= 0.3 is 6.36 Å². The number of ether oxygens (including phenoxy) is 3. The number of aromatic nitrogens is 3. The van der Waals surface area contributed by atoms with Crippen LogP contribution in [0.2, 0.25) is 0 Å². The third-order valence-corrected chi connectivity index (χ3v) is 4.63. The number of rotatable bonds is 8. The summed E-state index contributed by atoms with van der Waals surface area (Å²) < 4.78 is 53.8. The van der Waals surface area contributed by atoms with Crippen LogP contribution in [0.1, 0.15) is 6.92 Å². The van der Waals surface area contributed by atoms with E-state index < -0.39 is 6.36 Å². The lowest BCUT2D eigenvalue weighted by Crippen LogP contribution is -2.17. The SMILES string of the molecule is CCOc1cccc(-c2ncnc3c2ccn3CCOc2ccc(OC(F)(F)F)cc2)c1. The molecule has 2 heterocycles. The maximum atomic E-state index is 12.2. The Balaban J connectivity index is 1.45. The van der Waals surface area contributed by atoms with Crippen LogP contribution in [0.25, 0.3) is 22.3 Å². The molecule has 4 aromatic rings. The summed E-state index contributed by atoms with van der Waals surface area (Å²) in [6.07, 6.45) is -1.30. The molecule has 0 spiro atoms. The summed E-state index contributed by atoms with van der Waals surface area (Å²) in [5.41, 5.74) is 2.49. The van der Waals surface area contributed by atoms with Crippen molar-refractivity contribution in [2.45, 2.75) is 19.8 Å². The van der Waals surface area contributed by atoms with E-state index in [9.17, 15) is 13.2 Å². The molecule has 0 aliphatic rings. The lowest BCUT2D eigenvalue weighted by atomic mass is 10.1. The van der Waals surface area contributed by atoms with E-state index in [4.69, 9.17) is 9.47 Å². The quantitative estimate of drug-likeness (QED) is 0.361. The van der Waals surface area contributed by atoms with Gasteiger partial charge in [-0.3, -0.25) is 0 Å². The third kappa shape index (κ3) is 5.11. The van der Waals surface area contributed by atoms with Crippen molar-refractivity contribution >= 4 is 11.0 Å². The fourth-order valence-corrected chi connectivity index (χ4v) is 3.31. The van der Waals surface area contributed by atoms with Crippen molar-refractivity contribution in [3.8, 4) is 28.5 Å². The van der Waals surface area contributed by atoms with Crippen molar-refractivity contribution in [3.05, 3.63) is 67.1 Å². The first-order valence-electron chi connectivity index (χ1n) is 9.94. The van der Waals surface area contributed by atoms with E-state index in [1.54, 1.807) is 0 Å². The lowest BCUT2D eigenvalue weighted by molar-refractivity contribution is -0.274. The largest absolute Gasteiger partial charge is 0.573 e. The highest BCUT2D eigenvalue weighted by Gasteiger charge is 2.30. The lowest BCUT2D eigenvalue weighted by Gasteiger charge is -2.11. The Bertz CT molecular complexity index is 1190. The zero-order chi connectivity index (χ0) is 22.6. The molecule has 0 unspecified atom stereocenters. The third-order valence-electron chi connectivity index (χ3n) is 4.63. The van der Waals surface area contributed by atoms with Gasteiger partial charge in [-0.1, -0.05) is 12.1 Å². The smallest absolute Gasteiger partial charge is 0.494 e. The molecule has 4 rings (SSSR count). The Labute approximate surface area is 182 Å². The first-order chi connectivity index (χ1) is 15.4. The minimum Gasteiger partial charge on any atom is -0.494 e. The number of hydrogen-bond acceptors (Lipinski definition) is 5. The van der Waals surface area contributed by atoms with Gasteiger partial charge in [-0.2, -0.15) is 0 Å². The fraction of sp³-hybridized carbons (Fsp3) is 0.217. The molecular formula is C23H20F3N3O3. The van der Waals surface area contributed by atoms with E-state index in [1.165, 1.54) is 30.6 Å². The molecule has 0 fully saturated rings. The topological polar surface area (TPSA) is 58.4 Å². The number of benzene rings is 2. The van der Waals surface area contributed by atoms with Gasteiger partial charge in [0.25, 0.3) is 0 Å². The van der Waals surface area contributed by atoms with Crippen molar-refractivity contribution in [3.63, 3.8) is 0 Å². The van der Waals surface area contributed by atoms with Crippen LogP contribution in [-0.4, -0.2) is 34.1 Å². The second-order valence-electron chi connectivity index (χ2n) is 6.80. The minimum absolute atomic E-state index is 0.293. The van der Waals surface area contributed by atoms with Crippen molar-refractivity contribution in [2.75, 3.05) is 13.2 Å². The van der Waals surface area contributed by atoms with Gasteiger partial charge in [0.2, 0.25) is 0 Å². The first kappa shape index (κ1) is 21.5. The molecule has 166 valence electrons. The molecule has 0 radical (unpaired) electrons. The van der Waals surface area contributed by atoms with E-state index in [1.807, 2.05) is 48.0 Å². The van der Waals surface area contributed by atoms with E-state index in [-0.39, 0.29) is 5.75 Å². The van der Waals surface area contributed by atoms with Gasteiger partial charge in [0.05, 0.1) is 18.8 Å². The van der Waals surface area contributed by atoms with Gasteiger partial charge in [0, 0.05) is 17.1 Å². The standard InChI is InChI=1S/C23H20F3N3O3/c1-2-30-19-5-3-4-16(14-19)21-20-10-11-29(22(20)28-15-27-21)12-13-31-17-6-8-18(9-7-17)32-23(24,25)26/h3-11,14-15H,2,12-13H2,1H3. The van der Waals surface area contributed by atoms with Gasteiger partial charge in [-0.15, -0.1) is 13.2 Å². The van der Waals surface area contributed by atoms with Crippen LogP contribution >= 0.6 is 0 Å². The molecule has 0 saturated carbocycles. The predicted molar refractivity (Wildman–Crippen MR) is 113 cm³/mol. The highest BCUT2D eigenvalue weighted by molar-refractivity contribution is 5.91. The number of hydrogen-bond donors (Lipinski definition) is 0. The van der Waals surface area contributed by atoms with Gasteiger partial charge in [0.15, 0.2) is 0 Å². The normalized spacial score (nSPS) is 11.5. The molecule has 2 aromatic heterocycles. The fourth-order valence-electron chi connectivity index (χ4n) is 3.31. The van der Waals surface area contributed by atoms with Gasteiger partial charge in [0.1, 0.15) is 35.8 Å². The van der Waals surface area contributed by atoms with Crippen LogP contribution in [0.15, 0.2) is 67.1 Å². The average Bonchev–Trinajstić information content (AvgIpc) is 3.18. The summed E-state index contributed by atoms with van der Waals surface area (Å²) >= 11 is 0. The summed E-state index contributed by atoms with van der Waals surface area (Å²) in [6.45, 7) is 3.32. The number of alkyl halides is 3. The maximum Gasteiger partial charge on any atom is 0.573 e. The summed E-state index contributed by atoms with van der Waals surface area (Å²) in [6, 6.07) is 15.0. The number of nitrogens with zero attached hydrogens (tertiary/aromatic N) is 3. The van der Waals surface area contributed by atoms with Crippen molar-refractivity contribution in [1.29, 1.82) is 0 Å². The van der Waals surface area contributed by atoms with E-state index in [0.29, 0.717) is 25.5 Å². The molecule has 2 aromatic carbocycles. The second kappa shape index (κ2) is 9.17. The molecule has 0 aliphatic heterocycles. The average molecular weight is 443 g/mol. The molecular weight excluding hydrogens is 423 g/mol. The summed E-state index contributed by atoms with van der Waals surface area (Å²) in [7, 11) is 0. The van der Waals surface area contributed by atoms with Gasteiger partial charge < -0.3 is 18.8 Å². The van der Waals surface area contributed by atoms with Crippen LogP contribution in [0.5, 0.6) is 17.2 Å². The van der Waals surface area contributed by atoms with Gasteiger partial charge in [-0.25, -0.2) is 9.97 Å². The molecule has 9 heteroatoms. The number of fused-ring (bicyclic) bond motifs is 1. The van der Waals surface area contributed by atoms with E-state index in [0.717, 1.165) is 28.0 Å². The van der Waals surface area contributed by atoms with Crippen LogP contribution in [-0.2, 0) is 6.54 Å². The Morgan fingerprint density at radius 3 is 2.44 bits per heavy atom. The van der Waals surface area contributed by atoms with E-state index >= 15 is 0 Å². The zero-order valence-electron chi connectivity index (χ0n) is 17.2. The Kier molecular flexibility index (Phi) is 6.16. The van der Waals surface area contributed by atoms with Crippen LogP contribution in [0.4, 0.5) is 13.2 Å². The van der Waals surface area contributed by atoms with Crippen LogP contribution in [0.3, 0.4) is 0 Å². The van der Waals surface area contributed by atoms with Crippen LogP contribution < -0.4 is 14.2 Å². The molecule has 32 heavy (non-hydrogen) atoms. The Hall–Kier alpha value is -3.75. The highest BCUT2D eigenvalue weighted by Crippen LogP contribution is 2.29. The molecule has 0 saturated heterocycles. The molecule has 0 aliphatic carbocycles. The highest BCUT2D eigenvalue weighted by atomic mass is 19.4. The molecule has 0 N–H and O–H groups in total. The predicted octanol–water partition coefficient (Wildman–Crippen LogP) is 5.47. The number of halogens is 3. The first-order valence-corrected chi connectivity index (χ1v) is 9.94. The molecule has 0 bridgehead atoms. The maximum absolute atomic E-state index is 12.2. The summed E-state index contributed by atoms with van der Waals surface area (Å²) in [4.78, 5) is 8.85. The molecule has 6 nitrogen and oxygen atoms in total. The van der Waals surface area contributed by atoms with Crippen molar-refractivity contribution in [1.82, 2.24) is 14.5 Å². The zero-order valence-corrected chi connectivity index (χ0v) is 17.2. The monoisotopic (exact) mass is 443 g/mol. The Morgan fingerprint density at radius 2 is 1.69 bits per heavy atom.